The average Bonchev–Trinajstić information content (AvgIpc) is 3.17. The van der Waals surface area contributed by atoms with Crippen LogP contribution in [0.3, 0.4) is 0 Å². The van der Waals surface area contributed by atoms with E-state index < -0.39 is 0 Å². The molecule has 0 bridgehead atoms. The maximum atomic E-state index is 12.8. The maximum absolute atomic E-state index is 12.8. The first-order valence-electron chi connectivity index (χ1n) is 9.46. The van der Waals surface area contributed by atoms with Crippen molar-refractivity contribution in [3.63, 3.8) is 0 Å². The van der Waals surface area contributed by atoms with Gasteiger partial charge in [-0.1, -0.05) is 25.0 Å². The number of likely N-dealkylation sites (tertiary alicyclic amines) is 1. The summed E-state index contributed by atoms with van der Waals surface area (Å²) in [5, 5.41) is 0. The summed E-state index contributed by atoms with van der Waals surface area (Å²) >= 11 is 0. The highest BCUT2D eigenvalue weighted by atomic mass is 16.2. The smallest absolute Gasteiger partial charge is 0.237 e. The van der Waals surface area contributed by atoms with Crippen LogP contribution in [-0.4, -0.2) is 54.5 Å². The molecule has 1 aromatic carbocycles. The number of hydrogen-bond donors (Lipinski definition) is 0. The summed E-state index contributed by atoms with van der Waals surface area (Å²) in [6.45, 7) is 6.23. The van der Waals surface area contributed by atoms with E-state index in [-0.39, 0.29) is 17.2 Å². The molecule has 0 aromatic heterocycles. The van der Waals surface area contributed by atoms with Gasteiger partial charge in [0.15, 0.2) is 0 Å². The summed E-state index contributed by atoms with van der Waals surface area (Å²) < 4.78 is 0. The molecule has 0 atom stereocenters. The van der Waals surface area contributed by atoms with Gasteiger partial charge in [0.1, 0.15) is 0 Å². The van der Waals surface area contributed by atoms with Crippen molar-refractivity contribution in [3.8, 4) is 0 Å². The van der Waals surface area contributed by atoms with E-state index in [4.69, 9.17) is 0 Å². The topological polar surface area (TPSA) is 43.9 Å². The number of amides is 2. The second kappa shape index (κ2) is 6.45. The highest BCUT2D eigenvalue weighted by molar-refractivity contribution is 6.06. The van der Waals surface area contributed by atoms with Crippen LogP contribution in [0.4, 0.5) is 5.69 Å². The molecule has 3 fully saturated rings. The van der Waals surface area contributed by atoms with Crippen LogP contribution in [-0.2, 0) is 9.59 Å². The molecule has 1 aromatic rings. The molecule has 2 aliphatic heterocycles. The molecule has 5 heteroatoms. The Labute approximate surface area is 149 Å². The first-order chi connectivity index (χ1) is 12.1. The van der Waals surface area contributed by atoms with Crippen LogP contribution < -0.4 is 4.90 Å². The molecule has 134 valence electrons. The molecule has 0 radical (unpaired) electrons. The number of carbonyl (C=O) groups excluding carboxylic acids is 2. The molecule has 2 heterocycles. The van der Waals surface area contributed by atoms with Crippen molar-refractivity contribution < 1.29 is 9.59 Å². The monoisotopic (exact) mass is 341 g/mol. The van der Waals surface area contributed by atoms with Crippen LogP contribution in [0.1, 0.15) is 37.7 Å². The minimum absolute atomic E-state index is 0.0352. The van der Waals surface area contributed by atoms with Gasteiger partial charge in [-0.3, -0.25) is 19.4 Å². The number of imide groups is 1. The van der Waals surface area contributed by atoms with Crippen molar-refractivity contribution in [2.45, 2.75) is 39.0 Å². The van der Waals surface area contributed by atoms with Crippen molar-refractivity contribution in [3.05, 3.63) is 29.8 Å². The maximum Gasteiger partial charge on any atom is 0.237 e. The van der Waals surface area contributed by atoms with Crippen LogP contribution in [0.5, 0.6) is 0 Å². The molecule has 2 amide bonds. The second-order valence-electron chi connectivity index (χ2n) is 7.88. The summed E-state index contributed by atoms with van der Waals surface area (Å²) in [6, 6.07) is 8.58. The molecule has 1 saturated carbocycles. The van der Waals surface area contributed by atoms with Crippen LogP contribution in [0.15, 0.2) is 24.3 Å². The normalized spacial score (nSPS) is 23.9. The Bertz CT molecular complexity index is 673. The van der Waals surface area contributed by atoms with Crippen LogP contribution in [0, 0.1) is 12.3 Å². The second-order valence-corrected chi connectivity index (χ2v) is 7.88. The molecular formula is C20H27N3O2. The SMILES string of the molecule is Cc1cccc(N2CCN(CN3C(=O)CC4(CCCC4)C3=O)CC2)c1. The van der Waals surface area contributed by atoms with Crippen molar-refractivity contribution in [1.82, 2.24) is 9.80 Å². The van der Waals surface area contributed by atoms with Gasteiger partial charge < -0.3 is 4.90 Å². The minimum atomic E-state index is -0.347. The van der Waals surface area contributed by atoms with E-state index in [0.717, 1.165) is 51.9 Å². The van der Waals surface area contributed by atoms with Gasteiger partial charge in [0.2, 0.25) is 11.8 Å². The third-order valence-corrected chi connectivity index (χ3v) is 6.13. The highest BCUT2D eigenvalue weighted by Crippen LogP contribution is 2.46. The van der Waals surface area contributed by atoms with Crippen molar-refractivity contribution >= 4 is 17.5 Å². The van der Waals surface area contributed by atoms with Crippen LogP contribution in [0.25, 0.3) is 0 Å². The molecular weight excluding hydrogens is 314 g/mol. The van der Waals surface area contributed by atoms with Crippen molar-refractivity contribution in [2.75, 3.05) is 37.7 Å². The lowest BCUT2D eigenvalue weighted by molar-refractivity contribution is -0.143. The lowest BCUT2D eigenvalue weighted by Crippen LogP contribution is -2.51. The third-order valence-electron chi connectivity index (χ3n) is 6.13. The molecule has 1 spiro atoms. The van der Waals surface area contributed by atoms with E-state index in [1.54, 1.807) is 0 Å². The number of hydrogen-bond acceptors (Lipinski definition) is 4. The zero-order chi connectivity index (χ0) is 17.4. The van der Waals surface area contributed by atoms with E-state index >= 15 is 0 Å². The summed E-state index contributed by atoms with van der Waals surface area (Å²) in [7, 11) is 0. The molecule has 0 N–H and O–H groups in total. The van der Waals surface area contributed by atoms with Crippen molar-refractivity contribution in [1.29, 1.82) is 0 Å². The molecule has 1 aliphatic carbocycles. The molecule has 3 aliphatic rings. The number of benzene rings is 1. The number of anilines is 1. The fraction of sp³-hybridized carbons (Fsp3) is 0.600. The van der Waals surface area contributed by atoms with Gasteiger partial charge in [-0.25, -0.2) is 0 Å². The van der Waals surface area contributed by atoms with E-state index in [9.17, 15) is 9.59 Å². The van der Waals surface area contributed by atoms with E-state index in [1.807, 2.05) is 0 Å². The number of aryl methyl sites for hydroxylation is 1. The third kappa shape index (κ3) is 3.06. The largest absolute Gasteiger partial charge is 0.369 e. The minimum Gasteiger partial charge on any atom is -0.369 e. The van der Waals surface area contributed by atoms with Gasteiger partial charge in [-0.2, -0.15) is 0 Å². The summed E-state index contributed by atoms with van der Waals surface area (Å²) in [4.78, 5) is 31.4. The van der Waals surface area contributed by atoms with Crippen molar-refractivity contribution in [2.24, 2.45) is 5.41 Å². The Kier molecular flexibility index (Phi) is 4.28. The highest BCUT2D eigenvalue weighted by Gasteiger charge is 2.52. The Morgan fingerprint density at radius 2 is 1.76 bits per heavy atom. The number of nitrogens with zero attached hydrogens (tertiary/aromatic N) is 3. The number of carbonyl (C=O) groups is 2. The number of rotatable bonds is 3. The quantitative estimate of drug-likeness (QED) is 0.792. The van der Waals surface area contributed by atoms with E-state index in [2.05, 4.69) is 41.0 Å². The first-order valence-corrected chi connectivity index (χ1v) is 9.46. The molecule has 5 nitrogen and oxygen atoms in total. The Hall–Kier alpha value is -1.88. The van der Waals surface area contributed by atoms with Gasteiger partial charge >= 0.3 is 0 Å². The fourth-order valence-corrected chi connectivity index (χ4v) is 4.62. The van der Waals surface area contributed by atoms with Crippen LogP contribution in [0.2, 0.25) is 0 Å². The molecule has 25 heavy (non-hydrogen) atoms. The first kappa shape index (κ1) is 16.6. The van der Waals surface area contributed by atoms with Crippen LogP contribution >= 0.6 is 0 Å². The van der Waals surface area contributed by atoms with Gasteiger partial charge in [0.05, 0.1) is 12.1 Å². The Balaban J connectivity index is 1.36. The van der Waals surface area contributed by atoms with Gasteiger partial charge in [-0.15, -0.1) is 0 Å². The van der Waals surface area contributed by atoms with Gasteiger partial charge in [0, 0.05) is 38.3 Å². The predicted octanol–water partition coefficient (Wildman–Crippen LogP) is 2.39. The lowest BCUT2D eigenvalue weighted by Gasteiger charge is -2.37. The van der Waals surface area contributed by atoms with E-state index in [0.29, 0.717) is 13.1 Å². The van der Waals surface area contributed by atoms with Gasteiger partial charge in [-0.05, 0) is 37.5 Å². The molecule has 2 saturated heterocycles. The fourth-order valence-electron chi connectivity index (χ4n) is 4.62. The molecule has 0 unspecified atom stereocenters. The predicted molar refractivity (Wildman–Crippen MR) is 97.2 cm³/mol. The summed E-state index contributed by atoms with van der Waals surface area (Å²) in [5.74, 6) is 0.129. The Morgan fingerprint density at radius 3 is 2.44 bits per heavy atom. The Morgan fingerprint density at radius 1 is 1.04 bits per heavy atom. The summed E-state index contributed by atoms with van der Waals surface area (Å²) in [5.41, 5.74) is 2.19. The van der Waals surface area contributed by atoms with Gasteiger partial charge in [0.25, 0.3) is 0 Å². The zero-order valence-corrected chi connectivity index (χ0v) is 15.0. The molecule has 4 rings (SSSR count). The van der Waals surface area contributed by atoms with E-state index in [1.165, 1.54) is 16.2 Å². The standard InChI is InChI=1S/C20H27N3O2/c1-16-5-4-6-17(13-16)22-11-9-21(10-12-22)15-23-18(24)14-20(19(23)25)7-2-3-8-20/h4-6,13H,2-3,7-12,14-15H2,1H3. The average molecular weight is 341 g/mol. The number of piperazine rings is 1. The zero-order valence-electron chi connectivity index (χ0n) is 15.0. The lowest BCUT2D eigenvalue weighted by atomic mass is 9.85. The summed E-state index contributed by atoms with van der Waals surface area (Å²) in [6.07, 6.45) is 4.41.